The van der Waals surface area contributed by atoms with E-state index in [1.807, 2.05) is 72.9 Å². The predicted octanol–water partition coefficient (Wildman–Crippen LogP) is 5.07. The number of hydrogen-bond acceptors (Lipinski definition) is 4. The van der Waals surface area contributed by atoms with Crippen LogP contribution in [-0.2, 0) is 4.79 Å². The molecule has 0 aromatic heterocycles. The van der Waals surface area contributed by atoms with E-state index in [1.165, 1.54) is 0 Å². The van der Waals surface area contributed by atoms with E-state index >= 15 is 0 Å². The van der Waals surface area contributed by atoms with Crippen molar-refractivity contribution in [1.82, 2.24) is 5.32 Å². The maximum absolute atomic E-state index is 12.2. The third-order valence-corrected chi connectivity index (χ3v) is 7.18. The number of para-hydroxylation sites is 1. The van der Waals surface area contributed by atoms with Crippen molar-refractivity contribution in [2.45, 2.75) is 17.5 Å². The molecule has 3 nitrogen and oxygen atoms in total. The molecule has 1 aliphatic rings. The van der Waals surface area contributed by atoms with Gasteiger partial charge in [-0.25, -0.2) is 0 Å². The molecule has 1 saturated heterocycles. The van der Waals surface area contributed by atoms with E-state index < -0.39 is 0 Å². The molecule has 6 heteroatoms. The van der Waals surface area contributed by atoms with Gasteiger partial charge >= 0.3 is 0 Å². The number of hydrogen-bond donors (Lipinski definition) is 1. The standard InChI is InChI=1S/C19H20ClNO2S2/c1-13(14-5-4-6-15(20)11-14)21-18(22)12-23-17-8-3-2-7-16(17)19-24-9-10-25-19/h2-8,11,13,19H,9-10,12H2,1H3,(H,21,22). The highest BCUT2D eigenvalue weighted by Crippen LogP contribution is 2.48. The summed E-state index contributed by atoms with van der Waals surface area (Å²) in [6.07, 6.45) is 0. The highest BCUT2D eigenvalue weighted by Gasteiger charge is 2.22. The van der Waals surface area contributed by atoms with Gasteiger partial charge in [0.15, 0.2) is 6.61 Å². The molecular weight excluding hydrogens is 374 g/mol. The first kappa shape index (κ1) is 18.5. The maximum atomic E-state index is 12.2. The minimum absolute atomic E-state index is 0.00394. The van der Waals surface area contributed by atoms with Crippen LogP contribution in [0.2, 0.25) is 5.02 Å². The molecule has 1 N–H and O–H groups in total. The topological polar surface area (TPSA) is 38.3 Å². The Morgan fingerprint density at radius 2 is 2.00 bits per heavy atom. The third-order valence-electron chi connectivity index (χ3n) is 3.88. The number of nitrogens with one attached hydrogen (secondary N) is 1. The Morgan fingerprint density at radius 3 is 2.76 bits per heavy atom. The van der Waals surface area contributed by atoms with E-state index in [1.54, 1.807) is 0 Å². The van der Waals surface area contributed by atoms with Crippen molar-refractivity contribution in [2.24, 2.45) is 0 Å². The molecule has 1 unspecified atom stereocenters. The SMILES string of the molecule is CC(NC(=O)COc1ccccc1C1SCCS1)c1cccc(Cl)c1. The van der Waals surface area contributed by atoms with Crippen LogP contribution in [0.1, 0.15) is 28.7 Å². The van der Waals surface area contributed by atoms with Crippen LogP contribution in [-0.4, -0.2) is 24.0 Å². The van der Waals surface area contributed by atoms with E-state index in [9.17, 15) is 4.79 Å². The summed E-state index contributed by atoms with van der Waals surface area (Å²) in [5.41, 5.74) is 2.13. The largest absolute Gasteiger partial charge is 0.483 e. The fourth-order valence-electron chi connectivity index (χ4n) is 2.63. The Kier molecular flexibility index (Phi) is 6.57. The fraction of sp³-hybridized carbons (Fsp3) is 0.316. The number of carbonyl (C=O) groups is 1. The van der Waals surface area contributed by atoms with Crippen LogP contribution in [0.3, 0.4) is 0 Å². The first-order valence-corrected chi connectivity index (χ1v) is 10.6. The Hall–Kier alpha value is -1.30. The quantitative estimate of drug-likeness (QED) is 0.743. The van der Waals surface area contributed by atoms with E-state index in [4.69, 9.17) is 16.3 Å². The van der Waals surface area contributed by atoms with Crippen molar-refractivity contribution < 1.29 is 9.53 Å². The second kappa shape index (κ2) is 8.88. The van der Waals surface area contributed by atoms with Gasteiger partial charge in [0, 0.05) is 22.1 Å². The summed E-state index contributed by atoms with van der Waals surface area (Å²) >= 11 is 9.85. The Morgan fingerprint density at radius 1 is 1.24 bits per heavy atom. The summed E-state index contributed by atoms with van der Waals surface area (Å²) < 4.78 is 6.20. The Balaban J connectivity index is 1.57. The van der Waals surface area contributed by atoms with Gasteiger partial charge in [-0.05, 0) is 30.7 Å². The molecule has 1 atom stereocenters. The number of amides is 1. The second-order valence-electron chi connectivity index (χ2n) is 5.74. The molecule has 2 aromatic rings. The number of benzene rings is 2. The number of ether oxygens (including phenoxy) is 1. The molecule has 25 heavy (non-hydrogen) atoms. The Labute approximate surface area is 161 Å². The first-order valence-electron chi connectivity index (χ1n) is 8.13. The van der Waals surface area contributed by atoms with Crippen LogP contribution in [0.5, 0.6) is 5.75 Å². The Bertz CT molecular complexity index is 735. The molecule has 0 aliphatic carbocycles. The molecule has 0 bridgehead atoms. The summed E-state index contributed by atoms with van der Waals surface area (Å²) in [6.45, 7) is 1.94. The van der Waals surface area contributed by atoms with Crippen molar-refractivity contribution in [1.29, 1.82) is 0 Å². The van der Waals surface area contributed by atoms with Crippen molar-refractivity contribution in [3.8, 4) is 5.75 Å². The normalized spacial score (nSPS) is 15.8. The fourth-order valence-corrected chi connectivity index (χ4v) is 5.74. The van der Waals surface area contributed by atoms with Gasteiger partial charge in [-0.15, -0.1) is 23.5 Å². The van der Waals surface area contributed by atoms with Crippen LogP contribution in [0.25, 0.3) is 0 Å². The molecule has 0 spiro atoms. The lowest BCUT2D eigenvalue weighted by atomic mass is 10.1. The van der Waals surface area contributed by atoms with Crippen LogP contribution in [0.15, 0.2) is 48.5 Å². The minimum Gasteiger partial charge on any atom is -0.483 e. The van der Waals surface area contributed by atoms with Gasteiger partial charge in [-0.2, -0.15) is 0 Å². The number of rotatable bonds is 6. The van der Waals surface area contributed by atoms with Gasteiger partial charge in [0.25, 0.3) is 5.91 Å². The molecule has 1 aliphatic heterocycles. The van der Waals surface area contributed by atoms with Gasteiger partial charge in [0.1, 0.15) is 5.75 Å². The maximum Gasteiger partial charge on any atom is 0.258 e. The van der Waals surface area contributed by atoms with E-state index in [2.05, 4.69) is 11.4 Å². The number of carbonyl (C=O) groups excluding carboxylic acids is 1. The molecule has 2 aromatic carbocycles. The lowest BCUT2D eigenvalue weighted by molar-refractivity contribution is -0.123. The predicted molar refractivity (Wildman–Crippen MR) is 108 cm³/mol. The summed E-state index contributed by atoms with van der Waals surface area (Å²) in [5.74, 6) is 2.96. The van der Waals surface area contributed by atoms with Gasteiger partial charge < -0.3 is 10.1 Å². The lowest BCUT2D eigenvalue weighted by Crippen LogP contribution is -2.31. The lowest BCUT2D eigenvalue weighted by Gasteiger charge is -2.17. The molecular formula is C19H20ClNO2S2. The summed E-state index contributed by atoms with van der Waals surface area (Å²) in [7, 11) is 0. The van der Waals surface area contributed by atoms with Crippen LogP contribution < -0.4 is 10.1 Å². The minimum atomic E-state index is -0.144. The van der Waals surface area contributed by atoms with Gasteiger partial charge in [0.05, 0.1) is 10.6 Å². The summed E-state index contributed by atoms with van der Waals surface area (Å²) in [6, 6.07) is 15.4. The van der Waals surface area contributed by atoms with Crippen LogP contribution in [0.4, 0.5) is 0 Å². The molecule has 0 saturated carbocycles. The van der Waals surface area contributed by atoms with Gasteiger partial charge in [-0.1, -0.05) is 41.9 Å². The van der Waals surface area contributed by atoms with E-state index in [0.29, 0.717) is 9.60 Å². The molecule has 132 valence electrons. The first-order chi connectivity index (χ1) is 12.1. The highest BCUT2D eigenvalue weighted by molar-refractivity contribution is 8.19. The zero-order chi connectivity index (χ0) is 17.6. The van der Waals surface area contributed by atoms with Crippen LogP contribution in [0, 0.1) is 0 Å². The zero-order valence-corrected chi connectivity index (χ0v) is 16.3. The van der Waals surface area contributed by atoms with Crippen molar-refractivity contribution in [3.63, 3.8) is 0 Å². The molecule has 0 radical (unpaired) electrons. The molecule has 1 heterocycles. The highest BCUT2D eigenvalue weighted by atomic mass is 35.5. The molecule has 1 fully saturated rings. The summed E-state index contributed by atoms with van der Waals surface area (Å²) in [4.78, 5) is 12.2. The van der Waals surface area contributed by atoms with Gasteiger partial charge in [-0.3, -0.25) is 4.79 Å². The third kappa shape index (κ3) is 5.09. The number of halogens is 1. The average Bonchev–Trinajstić information content (AvgIpc) is 3.14. The monoisotopic (exact) mass is 393 g/mol. The van der Waals surface area contributed by atoms with Gasteiger partial charge in [0.2, 0.25) is 0 Å². The van der Waals surface area contributed by atoms with Crippen molar-refractivity contribution >= 4 is 41.0 Å². The second-order valence-corrected chi connectivity index (χ2v) is 8.91. The van der Waals surface area contributed by atoms with Crippen molar-refractivity contribution in [2.75, 3.05) is 18.1 Å². The average molecular weight is 394 g/mol. The summed E-state index contributed by atoms with van der Waals surface area (Å²) in [5, 5.41) is 3.61. The van der Waals surface area contributed by atoms with Crippen molar-refractivity contribution in [3.05, 3.63) is 64.7 Å². The smallest absolute Gasteiger partial charge is 0.258 e. The number of thioether (sulfide) groups is 2. The molecule has 1 amide bonds. The zero-order valence-electron chi connectivity index (χ0n) is 13.9. The van der Waals surface area contributed by atoms with Crippen LogP contribution >= 0.6 is 35.1 Å². The molecule has 3 rings (SSSR count). The van der Waals surface area contributed by atoms with E-state index in [-0.39, 0.29) is 18.6 Å². The van der Waals surface area contributed by atoms with E-state index in [0.717, 1.165) is 28.4 Å².